The number of hydrogen-bond acceptors (Lipinski definition) is 4. The topological polar surface area (TPSA) is 70.3 Å². The number of carbonyl (C=O) groups excluding carboxylic acids is 1. The number of nitriles is 1. The lowest BCUT2D eigenvalue weighted by Gasteiger charge is -2.08. The molecule has 0 aliphatic heterocycles. The molecule has 0 aromatic heterocycles. The summed E-state index contributed by atoms with van der Waals surface area (Å²) in [6.07, 6.45) is 0. The quantitative estimate of drug-likeness (QED) is 0.615. The number of ether oxygens (including phenoxy) is 1. The van der Waals surface area contributed by atoms with Crippen LogP contribution >= 0.6 is 11.6 Å². The summed E-state index contributed by atoms with van der Waals surface area (Å²) in [4.78, 5) is 11.4. The Kier molecular flexibility index (Phi) is 3.53. The molecule has 1 rings (SSSR count). The van der Waals surface area contributed by atoms with Gasteiger partial charge in [-0.05, 0) is 11.6 Å². The number of halogens is 1. The summed E-state index contributed by atoms with van der Waals surface area (Å²) < 4.78 is 4.52. The number of nitrogens with zero attached hydrogens (tertiary/aromatic N) is 1. The molecular weight excluding hydrogens is 218 g/mol. The molecule has 0 radical (unpaired) electrons. The highest BCUT2D eigenvalue weighted by Crippen LogP contribution is 2.25. The van der Waals surface area contributed by atoms with Gasteiger partial charge in [-0.1, -0.05) is 6.07 Å². The maximum Gasteiger partial charge on any atom is 0.339 e. The summed E-state index contributed by atoms with van der Waals surface area (Å²) in [5.74, 6) is -0.871. The first-order valence-electron chi connectivity index (χ1n) is 4.05. The average molecular weight is 226 g/mol. The maximum atomic E-state index is 11.4. The maximum absolute atomic E-state index is 11.4. The zero-order valence-corrected chi connectivity index (χ0v) is 8.71. The lowest BCUT2D eigenvalue weighted by molar-refractivity contribution is 0.0599. The van der Waals surface area contributed by atoms with Crippen molar-refractivity contribution in [1.82, 2.24) is 0 Å². The molecule has 0 unspecified atom stereocenters. The van der Waals surface area contributed by atoms with Gasteiger partial charge in [0, 0.05) is 5.88 Å². The van der Waals surface area contributed by atoms with Crippen LogP contribution in [0.2, 0.25) is 0 Å². The molecule has 0 aliphatic rings. The molecule has 15 heavy (non-hydrogen) atoms. The van der Waals surface area contributed by atoms with Gasteiger partial charge in [0.15, 0.2) is 0 Å². The highest BCUT2D eigenvalue weighted by atomic mass is 35.5. The van der Waals surface area contributed by atoms with Gasteiger partial charge >= 0.3 is 5.97 Å². The van der Waals surface area contributed by atoms with Crippen LogP contribution in [-0.4, -0.2) is 18.2 Å². The van der Waals surface area contributed by atoms with Crippen LogP contribution in [0.5, 0.6) is 5.75 Å². The summed E-state index contributed by atoms with van der Waals surface area (Å²) in [7, 11) is 1.20. The summed E-state index contributed by atoms with van der Waals surface area (Å²) in [6.45, 7) is 0. The van der Waals surface area contributed by atoms with Crippen molar-refractivity contribution in [2.75, 3.05) is 7.11 Å². The Bertz CT molecular complexity index is 437. The number of carbonyl (C=O) groups is 1. The highest BCUT2D eigenvalue weighted by molar-refractivity contribution is 6.17. The Labute approximate surface area is 91.7 Å². The van der Waals surface area contributed by atoms with E-state index in [9.17, 15) is 9.90 Å². The molecule has 1 aromatic rings. The van der Waals surface area contributed by atoms with Crippen LogP contribution in [0.3, 0.4) is 0 Å². The monoisotopic (exact) mass is 225 g/mol. The minimum absolute atomic E-state index is 0.0231. The predicted molar refractivity (Wildman–Crippen MR) is 53.7 cm³/mol. The van der Waals surface area contributed by atoms with Gasteiger partial charge in [-0.2, -0.15) is 5.26 Å². The third-order valence-electron chi connectivity index (χ3n) is 1.91. The summed E-state index contributed by atoms with van der Waals surface area (Å²) in [6, 6.07) is 4.55. The number of benzene rings is 1. The smallest absolute Gasteiger partial charge is 0.339 e. The Morgan fingerprint density at radius 3 is 2.80 bits per heavy atom. The Hall–Kier alpha value is -1.73. The molecule has 0 aliphatic carbocycles. The third-order valence-corrected chi connectivity index (χ3v) is 2.20. The molecule has 5 heteroatoms. The molecule has 4 nitrogen and oxygen atoms in total. The third kappa shape index (κ3) is 2.03. The molecule has 0 fully saturated rings. The fourth-order valence-corrected chi connectivity index (χ4v) is 1.42. The van der Waals surface area contributed by atoms with Crippen LogP contribution < -0.4 is 0 Å². The zero-order valence-electron chi connectivity index (χ0n) is 7.95. The standard InChI is InChI=1S/C10H8ClNO3/c1-15-10(14)9-6(4-11)2-3-8(13)7(9)5-12/h2-3,13H,4H2,1H3. The normalized spacial score (nSPS) is 9.40. The number of phenols is 1. The minimum atomic E-state index is -0.682. The zero-order chi connectivity index (χ0) is 11.4. The van der Waals surface area contributed by atoms with Crippen molar-refractivity contribution < 1.29 is 14.6 Å². The van der Waals surface area contributed by atoms with Gasteiger partial charge in [0.25, 0.3) is 0 Å². The van der Waals surface area contributed by atoms with Crippen molar-refractivity contribution in [2.24, 2.45) is 0 Å². The van der Waals surface area contributed by atoms with E-state index in [0.29, 0.717) is 5.56 Å². The van der Waals surface area contributed by atoms with E-state index < -0.39 is 5.97 Å². The van der Waals surface area contributed by atoms with E-state index in [0.717, 1.165) is 0 Å². The number of phenolic OH excluding ortho intramolecular Hbond substituents is 1. The van der Waals surface area contributed by atoms with Crippen LogP contribution in [0.1, 0.15) is 21.5 Å². The molecule has 0 amide bonds. The number of hydrogen-bond donors (Lipinski definition) is 1. The number of esters is 1. The van der Waals surface area contributed by atoms with E-state index in [4.69, 9.17) is 16.9 Å². The summed E-state index contributed by atoms with van der Waals surface area (Å²) in [5, 5.41) is 18.2. The number of alkyl halides is 1. The molecule has 0 spiro atoms. The number of methoxy groups -OCH3 is 1. The average Bonchev–Trinajstić information content (AvgIpc) is 2.27. The van der Waals surface area contributed by atoms with Gasteiger partial charge in [0.1, 0.15) is 17.4 Å². The van der Waals surface area contributed by atoms with Gasteiger partial charge in [-0.3, -0.25) is 0 Å². The van der Waals surface area contributed by atoms with Gasteiger partial charge in [0.05, 0.1) is 12.7 Å². The van der Waals surface area contributed by atoms with E-state index in [1.807, 2.05) is 0 Å². The van der Waals surface area contributed by atoms with Gasteiger partial charge in [0.2, 0.25) is 0 Å². The minimum Gasteiger partial charge on any atom is -0.507 e. The molecule has 78 valence electrons. The first-order valence-corrected chi connectivity index (χ1v) is 4.58. The largest absolute Gasteiger partial charge is 0.507 e. The molecule has 0 bridgehead atoms. The first-order chi connectivity index (χ1) is 7.15. The Morgan fingerprint density at radius 2 is 2.33 bits per heavy atom. The van der Waals surface area contributed by atoms with Crippen LogP contribution in [0.4, 0.5) is 0 Å². The van der Waals surface area contributed by atoms with Crippen molar-refractivity contribution in [2.45, 2.75) is 5.88 Å². The van der Waals surface area contributed by atoms with E-state index in [1.54, 1.807) is 6.07 Å². The highest BCUT2D eigenvalue weighted by Gasteiger charge is 2.19. The molecule has 0 heterocycles. The van der Waals surface area contributed by atoms with Crippen molar-refractivity contribution in [3.63, 3.8) is 0 Å². The van der Waals surface area contributed by atoms with Crippen LogP contribution in [0.15, 0.2) is 12.1 Å². The van der Waals surface area contributed by atoms with Crippen LogP contribution in [-0.2, 0) is 10.6 Å². The van der Waals surface area contributed by atoms with Crippen LogP contribution in [0, 0.1) is 11.3 Å². The fourth-order valence-electron chi connectivity index (χ4n) is 1.19. The van der Waals surface area contributed by atoms with E-state index in [2.05, 4.69) is 4.74 Å². The van der Waals surface area contributed by atoms with Gasteiger partial charge in [-0.25, -0.2) is 4.79 Å². The first kappa shape index (κ1) is 11.3. The molecule has 0 saturated heterocycles. The van der Waals surface area contributed by atoms with Crippen molar-refractivity contribution in [3.05, 3.63) is 28.8 Å². The second-order valence-electron chi connectivity index (χ2n) is 2.73. The fraction of sp³-hybridized carbons (Fsp3) is 0.200. The second-order valence-corrected chi connectivity index (χ2v) is 3.00. The molecule has 0 atom stereocenters. The van der Waals surface area contributed by atoms with Crippen molar-refractivity contribution >= 4 is 17.6 Å². The SMILES string of the molecule is COC(=O)c1c(CCl)ccc(O)c1C#N. The van der Waals surface area contributed by atoms with E-state index in [-0.39, 0.29) is 22.8 Å². The Balaban J connectivity index is 3.49. The molecule has 1 aromatic carbocycles. The van der Waals surface area contributed by atoms with Gasteiger partial charge in [-0.15, -0.1) is 11.6 Å². The molecule has 1 N–H and O–H groups in total. The number of aromatic hydroxyl groups is 1. The second kappa shape index (κ2) is 4.67. The van der Waals surface area contributed by atoms with E-state index >= 15 is 0 Å². The summed E-state index contributed by atoms with van der Waals surface area (Å²) in [5.41, 5.74) is 0.368. The van der Waals surface area contributed by atoms with Crippen LogP contribution in [0.25, 0.3) is 0 Å². The van der Waals surface area contributed by atoms with E-state index in [1.165, 1.54) is 19.2 Å². The predicted octanol–water partition coefficient (Wildman–Crippen LogP) is 1.79. The molecular formula is C10H8ClNO3. The number of rotatable bonds is 2. The summed E-state index contributed by atoms with van der Waals surface area (Å²) >= 11 is 5.62. The van der Waals surface area contributed by atoms with Crippen molar-refractivity contribution in [3.8, 4) is 11.8 Å². The Morgan fingerprint density at radius 1 is 1.67 bits per heavy atom. The van der Waals surface area contributed by atoms with Gasteiger partial charge < -0.3 is 9.84 Å². The van der Waals surface area contributed by atoms with Crippen molar-refractivity contribution in [1.29, 1.82) is 5.26 Å². The lowest BCUT2D eigenvalue weighted by Crippen LogP contribution is -2.08. The molecule has 0 saturated carbocycles. The lowest BCUT2D eigenvalue weighted by atomic mass is 10.0.